The number of piperazine rings is 1. The molecule has 2 aromatic rings. The number of rotatable bonds is 4. The summed E-state index contributed by atoms with van der Waals surface area (Å²) in [4.78, 5) is 27.0. The number of nitro groups is 1. The number of nitrogens with two attached hydrogens (primary N) is 1. The molecule has 3 heterocycles. The van der Waals surface area contributed by atoms with Crippen LogP contribution in [0.1, 0.15) is 0 Å². The molecule has 10 nitrogen and oxygen atoms in total. The van der Waals surface area contributed by atoms with Crippen LogP contribution in [0.5, 0.6) is 0 Å². The molecular weight excluding hydrogens is 300 g/mol. The van der Waals surface area contributed by atoms with E-state index in [1.807, 2.05) is 23.1 Å². The highest BCUT2D eigenvalue weighted by atomic mass is 16.6. The molecule has 120 valence electrons. The maximum Gasteiger partial charge on any atom is 0.354 e. The second kappa shape index (κ2) is 6.40. The van der Waals surface area contributed by atoms with Crippen molar-refractivity contribution < 1.29 is 4.92 Å². The van der Waals surface area contributed by atoms with Crippen molar-refractivity contribution in [2.45, 2.75) is 0 Å². The van der Waals surface area contributed by atoms with Crippen molar-refractivity contribution >= 4 is 23.1 Å². The van der Waals surface area contributed by atoms with Crippen molar-refractivity contribution in [3.8, 4) is 0 Å². The van der Waals surface area contributed by atoms with Gasteiger partial charge in [-0.25, -0.2) is 20.8 Å². The van der Waals surface area contributed by atoms with E-state index in [1.54, 1.807) is 6.20 Å². The number of nitrogens with zero attached hydrogens (tertiary/aromatic N) is 6. The number of nitrogens with one attached hydrogen (secondary N) is 1. The van der Waals surface area contributed by atoms with E-state index in [9.17, 15) is 10.1 Å². The number of hydrazine groups is 1. The summed E-state index contributed by atoms with van der Waals surface area (Å²) >= 11 is 0. The Hall–Kier alpha value is -3.01. The van der Waals surface area contributed by atoms with E-state index >= 15 is 0 Å². The van der Waals surface area contributed by atoms with Crippen LogP contribution in [-0.2, 0) is 0 Å². The van der Waals surface area contributed by atoms with Crippen molar-refractivity contribution in [1.82, 2.24) is 15.0 Å². The molecule has 0 unspecified atom stereocenters. The van der Waals surface area contributed by atoms with Gasteiger partial charge in [-0.05, 0) is 12.1 Å². The minimum Gasteiger partial charge on any atom is -0.353 e. The average Bonchev–Trinajstić information content (AvgIpc) is 2.61. The van der Waals surface area contributed by atoms with E-state index in [0.717, 1.165) is 5.82 Å². The van der Waals surface area contributed by atoms with Crippen LogP contribution in [-0.4, -0.2) is 46.1 Å². The third-order valence-electron chi connectivity index (χ3n) is 3.67. The summed E-state index contributed by atoms with van der Waals surface area (Å²) in [6, 6.07) is 5.74. The first-order chi connectivity index (χ1) is 11.2. The van der Waals surface area contributed by atoms with Crippen molar-refractivity contribution in [3.63, 3.8) is 0 Å². The number of hydrogen-bond donors (Lipinski definition) is 2. The van der Waals surface area contributed by atoms with Crippen LogP contribution in [0, 0.1) is 10.1 Å². The number of aromatic nitrogens is 3. The van der Waals surface area contributed by atoms with Gasteiger partial charge in [0.2, 0.25) is 11.6 Å². The molecule has 0 aromatic carbocycles. The predicted molar refractivity (Wildman–Crippen MR) is 85.2 cm³/mol. The molecule has 0 bridgehead atoms. The van der Waals surface area contributed by atoms with Crippen molar-refractivity contribution in [1.29, 1.82) is 0 Å². The fourth-order valence-corrected chi connectivity index (χ4v) is 2.56. The summed E-state index contributed by atoms with van der Waals surface area (Å²) in [7, 11) is 0. The minimum absolute atomic E-state index is 0.00663. The second-order valence-electron chi connectivity index (χ2n) is 4.96. The van der Waals surface area contributed by atoms with Gasteiger partial charge in [0.1, 0.15) is 12.1 Å². The highest BCUT2D eigenvalue weighted by molar-refractivity contribution is 5.70. The molecule has 23 heavy (non-hydrogen) atoms. The number of hydrogen-bond acceptors (Lipinski definition) is 9. The molecule has 3 N–H and O–H groups in total. The van der Waals surface area contributed by atoms with Gasteiger partial charge in [-0.1, -0.05) is 6.07 Å². The van der Waals surface area contributed by atoms with Crippen molar-refractivity contribution in [2.75, 3.05) is 41.4 Å². The Kier molecular flexibility index (Phi) is 4.15. The lowest BCUT2D eigenvalue weighted by molar-refractivity contribution is -0.383. The molecule has 10 heteroatoms. The maximum absolute atomic E-state index is 11.3. The monoisotopic (exact) mass is 316 g/mol. The number of pyridine rings is 1. The van der Waals surface area contributed by atoms with Gasteiger partial charge in [0, 0.05) is 32.4 Å². The lowest BCUT2D eigenvalue weighted by Crippen LogP contribution is -2.47. The van der Waals surface area contributed by atoms with E-state index in [0.29, 0.717) is 26.2 Å². The Morgan fingerprint density at radius 2 is 1.87 bits per heavy atom. The van der Waals surface area contributed by atoms with Crippen LogP contribution in [0.3, 0.4) is 0 Å². The molecule has 3 rings (SSSR count). The molecule has 0 aliphatic carbocycles. The molecule has 1 fully saturated rings. The largest absolute Gasteiger partial charge is 0.354 e. The van der Waals surface area contributed by atoms with Crippen LogP contribution in [0.4, 0.5) is 23.1 Å². The van der Waals surface area contributed by atoms with Crippen LogP contribution in [0.2, 0.25) is 0 Å². The summed E-state index contributed by atoms with van der Waals surface area (Å²) in [6.45, 7) is 2.59. The average molecular weight is 316 g/mol. The zero-order valence-electron chi connectivity index (χ0n) is 12.3. The number of nitrogen functional groups attached to an aromatic ring is 1. The molecule has 0 saturated carbocycles. The Morgan fingerprint density at radius 3 is 2.48 bits per heavy atom. The maximum atomic E-state index is 11.3. The van der Waals surface area contributed by atoms with Gasteiger partial charge < -0.3 is 15.2 Å². The zero-order chi connectivity index (χ0) is 16.2. The Labute approximate surface area is 132 Å². The third kappa shape index (κ3) is 2.97. The van der Waals surface area contributed by atoms with Gasteiger partial charge in [0.05, 0.1) is 4.92 Å². The Balaban J connectivity index is 1.79. The second-order valence-corrected chi connectivity index (χ2v) is 4.96. The predicted octanol–water partition coefficient (Wildman–Crippen LogP) is 0.392. The fraction of sp³-hybridized carbons (Fsp3) is 0.308. The first-order valence-corrected chi connectivity index (χ1v) is 7.07. The molecule has 2 aromatic heterocycles. The highest BCUT2D eigenvalue weighted by Crippen LogP contribution is 2.31. The van der Waals surface area contributed by atoms with Gasteiger partial charge in [-0.2, -0.15) is 0 Å². The normalized spacial score (nSPS) is 14.7. The minimum atomic E-state index is -0.518. The summed E-state index contributed by atoms with van der Waals surface area (Å²) in [5, 5.41) is 11.3. The number of anilines is 3. The first kappa shape index (κ1) is 14.9. The molecular formula is C13H16N8O2. The Bertz CT molecular complexity index is 688. The molecule has 0 atom stereocenters. The van der Waals surface area contributed by atoms with E-state index in [1.165, 1.54) is 6.33 Å². The standard InChI is InChI=1S/C13H16N8O2/c14-18-12-11(21(22)23)13(17-9-16-12)20-7-5-19(6-8-20)10-3-1-2-4-15-10/h1-4,9H,5-8,14H2,(H,16,17,18). The topological polar surface area (TPSA) is 126 Å². The quantitative estimate of drug-likeness (QED) is 0.468. The van der Waals surface area contributed by atoms with Gasteiger partial charge in [-0.15, -0.1) is 0 Å². The lowest BCUT2D eigenvalue weighted by atomic mass is 10.3. The SMILES string of the molecule is NNc1ncnc(N2CCN(c3ccccn3)CC2)c1[N+](=O)[O-]. The Morgan fingerprint density at radius 1 is 1.13 bits per heavy atom. The first-order valence-electron chi connectivity index (χ1n) is 7.07. The van der Waals surface area contributed by atoms with Gasteiger partial charge in [0.15, 0.2) is 0 Å². The zero-order valence-corrected chi connectivity index (χ0v) is 12.3. The summed E-state index contributed by atoms with van der Waals surface area (Å²) in [5.41, 5.74) is 2.04. The van der Waals surface area contributed by atoms with Gasteiger partial charge in [0.25, 0.3) is 0 Å². The lowest BCUT2D eigenvalue weighted by Gasteiger charge is -2.35. The fourth-order valence-electron chi connectivity index (χ4n) is 2.56. The van der Waals surface area contributed by atoms with Crippen LogP contribution < -0.4 is 21.1 Å². The van der Waals surface area contributed by atoms with Gasteiger partial charge in [-0.3, -0.25) is 10.1 Å². The molecule has 1 aliphatic heterocycles. The highest BCUT2D eigenvalue weighted by Gasteiger charge is 2.29. The molecule has 0 amide bonds. The molecule has 0 radical (unpaired) electrons. The van der Waals surface area contributed by atoms with Crippen LogP contribution in [0.25, 0.3) is 0 Å². The van der Waals surface area contributed by atoms with Crippen LogP contribution in [0.15, 0.2) is 30.7 Å². The molecule has 1 saturated heterocycles. The van der Waals surface area contributed by atoms with Crippen LogP contribution >= 0.6 is 0 Å². The van der Waals surface area contributed by atoms with Crippen molar-refractivity contribution in [3.05, 3.63) is 40.8 Å². The smallest absolute Gasteiger partial charge is 0.353 e. The van der Waals surface area contributed by atoms with E-state index < -0.39 is 4.92 Å². The van der Waals surface area contributed by atoms with E-state index in [4.69, 9.17) is 5.84 Å². The van der Waals surface area contributed by atoms with Crippen molar-refractivity contribution in [2.24, 2.45) is 5.84 Å². The summed E-state index contributed by atoms with van der Waals surface area (Å²) in [6.07, 6.45) is 3.01. The van der Waals surface area contributed by atoms with E-state index in [-0.39, 0.29) is 17.3 Å². The summed E-state index contributed by atoms with van der Waals surface area (Å²) in [5.74, 6) is 6.49. The van der Waals surface area contributed by atoms with E-state index in [2.05, 4.69) is 25.3 Å². The van der Waals surface area contributed by atoms with Gasteiger partial charge >= 0.3 is 5.69 Å². The summed E-state index contributed by atoms with van der Waals surface area (Å²) < 4.78 is 0. The third-order valence-corrected chi connectivity index (χ3v) is 3.67. The molecule has 1 aliphatic rings. The molecule has 0 spiro atoms.